The summed E-state index contributed by atoms with van der Waals surface area (Å²) in [5.41, 5.74) is 0.00630. The highest BCUT2D eigenvalue weighted by Gasteiger charge is 2.09. The molecule has 0 radical (unpaired) electrons. The topological polar surface area (TPSA) is 79.3 Å². The highest BCUT2D eigenvalue weighted by molar-refractivity contribution is 6.30. The Morgan fingerprint density at radius 3 is 2.62 bits per heavy atom. The Morgan fingerprint density at radius 2 is 2.15 bits per heavy atom. The fourth-order valence-electron chi connectivity index (χ4n) is 0.671. The second-order valence-electron chi connectivity index (χ2n) is 2.12. The Labute approximate surface area is 78.4 Å². The Morgan fingerprint density at radius 1 is 1.46 bits per heavy atom. The van der Waals surface area contributed by atoms with E-state index in [4.69, 9.17) is 16.7 Å². The third-order valence-corrected chi connectivity index (χ3v) is 1.40. The molecule has 1 aromatic heterocycles. The zero-order valence-electron chi connectivity index (χ0n) is 6.32. The third-order valence-electron chi connectivity index (χ3n) is 1.18. The highest BCUT2D eigenvalue weighted by Crippen LogP contribution is 2.05. The number of hydrogen-bond acceptors (Lipinski definition) is 3. The Bertz CT molecular complexity index is 336. The Balaban J connectivity index is 2.78. The molecule has 2 amide bonds. The lowest BCUT2D eigenvalue weighted by Gasteiger charge is -1.97. The highest BCUT2D eigenvalue weighted by atomic mass is 35.5. The molecule has 6 heteroatoms. The van der Waals surface area contributed by atoms with Gasteiger partial charge in [0.15, 0.2) is 0 Å². The number of nitrogens with one attached hydrogen (secondary N) is 1. The molecule has 0 aromatic carbocycles. The summed E-state index contributed by atoms with van der Waals surface area (Å²) < 4.78 is 0. The van der Waals surface area contributed by atoms with Gasteiger partial charge in [-0.1, -0.05) is 11.6 Å². The zero-order valence-corrected chi connectivity index (χ0v) is 7.08. The molecule has 1 rings (SSSR count). The van der Waals surface area contributed by atoms with Gasteiger partial charge in [0.2, 0.25) is 0 Å². The molecule has 0 atom stereocenters. The van der Waals surface area contributed by atoms with E-state index >= 15 is 0 Å². The van der Waals surface area contributed by atoms with Gasteiger partial charge < -0.3 is 5.11 Å². The first-order valence-corrected chi connectivity index (χ1v) is 3.63. The number of rotatable bonds is 1. The van der Waals surface area contributed by atoms with Gasteiger partial charge in [-0.15, -0.1) is 0 Å². The van der Waals surface area contributed by atoms with E-state index in [1.807, 2.05) is 0 Å². The van der Waals surface area contributed by atoms with Crippen LogP contribution in [0.15, 0.2) is 18.3 Å². The van der Waals surface area contributed by atoms with Crippen molar-refractivity contribution < 1.29 is 14.7 Å². The molecule has 0 bridgehead atoms. The average Bonchev–Trinajstić information content (AvgIpc) is 2.04. The quantitative estimate of drug-likeness (QED) is 0.713. The van der Waals surface area contributed by atoms with Crippen molar-refractivity contribution in [1.29, 1.82) is 0 Å². The van der Waals surface area contributed by atoms with Crippen LogP contribution < -0.4 is 5.32 Å². The predicted octanol–water partition coefficient (Wildman–Crippen LogP) is 1.14. The maximum absolute atomic E-state index is 11.0. The molecule has 0 aliphatic carbocycles. The van der Waals surface area contributed by atoms with Gasteiger partial charge in [-0.25, -0.2) is 9.78 Å². The number of hydrogen-bond donors (Lipinski definition) is 2. The minimum atomic E-state index is -1.42. The van der Waals surface area contributed by atoms with Crippen LogP contribution in [-0.4, -0.2) is 22.1 Å². The molecule has 0 spiro atoms. The van der Waals surface area contributed by atoms with Crippen molar-refractivity contribution in [3.8, 4) is 0 Å². The fourth-order valence-corrected chi connectivity index (χ4v) is 0.783. The van der Waals surface area contributed by atoms with Crippen LogP contribution in [0.3, 0.4) is 0 Å². The Hall–Kier alpha value is -1.62. The van der Waals surface area contributed by atoms with Crippen LogP contribution in [0.1, 0.15) is 10.5 Å². The molecule has 0 saturated heterocycles. The van der Waals surface area contributed by atoms with E-state index in [-0.39, 0.29) is 5.69 Å². The van der Waals surface area contributed by atoms with Gasteiger partial charge in [-0.2, -0.15) is 0 Å². The smallest absolute Gasteiger partial charge is 0.411 e. The number of halogens is 1. The first-order valence-electron chi connectivity index (χ1n) is 3.25. The molecule has 1 heterocycles. The fraction of sp³-hybridized carbons (Fsp3) is 0. The van der Waals surface area contributed by atoms with Gasteiger partial charge in [0, 0.05) is 6.20 Å². The second kappa shape index (κ2) is 3.86. The van der Waals surface area contributed by atoms with E-state index in [1.54, 1.807) is 5.32 Å². The largest absolute Gasteiger partial charge is 0.465 e. The predicted molar refractivity (Wildman–Crippen MR) is 44.7 cm³/mol. The lowest BCUT2D eigenvalue weighted by atomic mass is 10.3. The lowest BCUT2D eigenvalue weighted by Crippen LogP contribution is -2.29. The van der Waals surface area contributed by atoms with Crippen LogP contribution in [0.25, 0.3) is 0 Å². The monoisotopic (exact) mass is 200 g/mol. The van der Waals surface area contributed by atoms with Crippen LogP contribution in [0.5, 0.6) is 0 Å². The molecule has 0 saturated carbocycles. The summed E-state index contributed by atoms with van der Waals surface area (Å²) in [5.74, 6) is -0.774. The van der Waals surface area contributed by atoms with Gasteiger partial charge in [-0.05, 0) is 12.1 Å². The minimum absolute atomic E-state index is 0.00630. The van der Waals surface area contributed by atoms with Crippen LogP contribution in [-0.2, 0) is 0 Å². The van der Waals surface area contributed by atoms with Gasteiger partial charge in [0.1, 0.15) is 5.69 Å². The van der Waals surface area contributed by atoms with Gasteiger partial charge in [-0.3, -0.25) is 10.1 Å². The summed E-state index contributed by atoms with van der Waals surface area (Å²) in [6, 6.07) is 2.78. The molecule has 1 aromatic rings. The van der Waals surface area contributed by atoms with Crippen LogP contribution >= 0.6 is 11.6 Å². The summed E-state index contributed by atoms with van der Waals surface area (Å²) >= 11 is 5.51. The second-order valence-corrected chi connectivity index (χ2v) is 2.56. The number of nitrogens with zero attached hydrogens (tertiary/aromatic N) is 1. The third kappa shape index (κ3) is 2.72. The molecule has 0 aliphatic rings. The minimum Gasteiger partial charge on any atom is -0.465 e. The number of carbonyl (C=O) groups is 2. The number of carboxylic acid groups (broad SMARTS) is 1. The van der Waals surface area contributed by atoms with Gasteiger partial charge in [0.25, 0.3) is 5.91 Å². The summed E-state index contributed by atoms with van der Waals surface area (Å²) in [6.07, 6.45) is -0.153. The van der Waals surface area contributed by atoms with Crippen LogP contribution in [0.2, 0.25) is 5.02 Å². The maximum atomic E-state index is 11.0. The first kappa shape index (κ1) is 9.47. The van der Waals surface area contributed by atoms with Crippen molar-refractivity contribution >= 4 is 23.6 Å². The SMILES string of the molecule is O=C(O)NC(=O)c1ccc(Cl)cn1. The van der Waals surface area contributed by atoms with E-state index < -0.39 is 12.0 Å². The van der Waals surface area contributed by atoms with E-state index in [9.17, 15) is 9.59 Å². The molecule has 2 N–H and O–H groups in total. The number of imide groups is 1. The van der Waals surface area contributed by atoms with E-state index in [2.05, 4.69) is 4.98 Å². The molecule has 0 fully saturated rings. The number of aromatic nitrogens is 1. The van der Waals surface area contributed by atoms with Crippen molar-refractivity contribution in [2.24, 2.45) is 0 Å². The summed E-state index contributed by atoms with van der Waals surface area (Å²) in [4.78, 5) is 24.7. The zero-order chi connectivity index (χ0) is 9.84. The van der Waals surface area contributed by atoms with Crippen molar-refractivity contribution in [2.75, 3.05) is 0 Å². The number of carbonyl (C=O) groups excluding carboxylic acids is 1. The van der Waals surface area contributed by atoms with Crippen LogP contribution in [0, 0.1) is 0 Å². The van der Waals surface area contributed by atoms with E-state index in [0.29, 0.717) is 5.02 Å². The normalized spacial score (nSPS) is 9.31. The summed E-state index contributed by atoms with van der Waals surface area (Å²) in [5, 5.41) is 10.2. The molecule has 13 heavy (non-hydrogen) atoms. The van der Waals surface area contributed by atoms with E-state index in [0.717, 1.165) is 0 Å². The van der Waals surface area contributed by atoms with Gasteiger partial charge >= 0.3 is 6.09 Å². The van der Waals surface area contributed by atoms with Gasteiger partial charge in [0.05, 0.1) is 5.02 Å². The lowest BCUT2D eigenvalue weighted by molar-refractivity contribution is 0.0943. The molecule has 0 aliphatic heterocycles. The standard InChI is InChI=1S/C7H5ClN2O3/c8-4-1-2-5(9-3-4)6(11)10-7(12)13/h1-3H,(H,10,11)(H,12,13). The van der Waals surface area contributed by atoms with Crippen molar-refractivity contribution in [3.63, 3.8) is 0 Å². The van der Waals surface area contributed by atoms with Crippen LogP contribution in [0.4, 0.5) is 4.79 Å². The Kier molecular flexibility index (Phi) is 2.81. The molecular formula is C7H5ClN2O3. The summed E-state index contributed by atoms with van der Waals surface area (Å²) in [6.45, 7) is 0. The number of amides is 2. The van der Waals surface area contributed by atoms with Crippen molar-refractivity contribution in [3.05, 3.63) is 29.0 Å². The molecular weight excluding hydrogens is 196 g/mol. The van der Waals surface area contributed by atoms with Crippen molar-refractivity contribution in [1.82, 2.24) is 10.3 Å². The van der Waals surface area contributed by atoms with E-state index in [1.165, 1.54) is 18.3 Å². The molecule has 5 nitrogen and oxygen atoms in total. The number of pyridine rings is 1. The summed E-state index contributed by atoms with van der Waals surface area (Å²) in [7, 11) is 0. The molecule has 0 unspecified atom stereocenters. The molecule has 68 valence electrons. The first-order chi connectivity index (χ1) is 6.09. The maximum Gasteiger partial charge on any atom is 0.411 e. The van der Waals surface area contributed by atoms with Crippen molar-refractivity contribution in [2.45, 2.75) is 0 Å². The average molecular weight is 201 g/mol.